The Balaban J connectivity index is 2.67. The highest BCUT2D eigenvalue weighted by atomic mass is 35.5. The molecule has 0 bridgehead atoms. The zero-order valence-electron chi connectivity index (χ0n) is 10.7. The normalized spacial score (nSPS) is 26.1. The number of benzene rings is 1. The maximum atomic E-state index is 12.0. The van der Waals surface area contributed by atoms with Crippen LogP contribution in [0.4, 0.5) is 0 Å². The Hall–Kier alpha value is -2.30. The molecule has 1 aromatic carbocycles. The number of Topliss-reactive ketones (excluding diaryl/α,β-unsaturated/α-hetero) is 1. The number of carbonyl (C=O) groups excluding carboxylic acids is 1. The van der Waals surface area contributed by atoms with Gasteiger partial charge in [-0.1, -0.05) is 30.3 Å². The lowest BCUT2D eigenvalue weighted by atomic mass is 9.89. The van der Waals surface area contributed by atoms with Crippen molar-refractivity contribution in [3.63, 3.8) is 0 Å². The smallest absolute Gasteiger partial charge is 0.172 e. The predicted molar refractivity (Wildman–Crippen MR) is 72.7 cm³/mol. The fourth-order valence-corrected chi connectivity index (χ4v) is 3.16. The van der Waals surface area contributed by atoms with Gasteiger partial charge in [0.25, 0.3) is 0 Å². The quantitative estimate of drug-likeness (QED) is 0.865. The number of allylic oxidation sites excluding steroid dienone is 1. The van der Waals surface area contributed by atoms with Crippen molar-refractivity contribution in [2.45, 2.75) is 12.8 Å². The lowest BCUT2D eigenvalue weighted by molar-refractivity contribution is -0.122. The van der Waals surface area contributed by atoms with E-state index >= 15 is 0 Å². The van der Waals surface area contributed by atoms with E-state index in [2.05, 4.69) is 6.58 Å². The summed E-state index contributed by atoms with van der Waals surface area (Å²) in [6.45, 7) is 4.65. The van der Waals surface area contributed by atoms with E-state index in [0.717, 1.165) is 0 Å². The van der Waals surface area contributed by atoms with Crippen LogP contribution in [0, 0.1) is 33.5 Å². The number of rotatable bonds is 3. The van der Waals surface area contributed by atoms with Gasteiger partial charge in [0.15, 0.2) is 5.41 Å². The number of nitrogens with zero attached hydrogens (tertiary/aromatic N) is 2. The van der Waals surface area contributed by atoms with E-state index in [1.807, 2.05) is 12.1 Å². The third-order valence-electron chi connectivity index (χ3n) is 3.97. The van der Waals surface area contributed by atoms with Crippen LogP contribution < -0.4 is 0 Å². The summed E-state index contributed by atoms with van der Waals surface area (Å²) in [5.41, 5.74) is -2.59. The molecule has 0 spiro atoms. The van der Waals surface area contributed by atoms with Crippen molar-refractivity contribution >= 4 is 17.4 Å². The van der Waals surface area contributed by atoms with E-state index in [9.17, 15) is 20.4 Å². The van der Waals surface area contributed by atoms with Gasteiger partial charge in [-0.15, -0.1) is 0 Å². The first-order valence-electron chi connectivity index (χ1n) is 5.85. The first kappa shape index (κ1) is 14.1. The molecule has 2 atom stereocenters. The Labute approximate surface area is 121 Å². The average molecular weight is 287 g/mol. The summed E-state index contributed by atoms with van der Waals surface area (Å²) in [5.74, 6) is -1.64. The number of hydrogen-bond donors (Lipinski definition) is 1. The van der Waals surface area contributed by atoms with Gasteiger partial charge >= 0.3 is 0 Å². The molecule has 2 unspecified atom stereocenters. The third-order valence-corrected chi connectivity index (χ3v) is 4.22. The zero-order valence-corrected chi connectivity index (χ0v) is 11.5. The number of nitriles is 2. The van der Waals surface area contributed by atoms with E-state index in [0.29, 0.717) is 10.6 Å². The predicted octanol–water partition coefficient (Wildman–Crippen LogP) is 3.12. The molecule has 0 aromatic heterocycles. The van der Waals surface area contributed by atoms with Crippen molar-refractivity contribution in [2.24, 2.45) is 10.8 Å². The van der Waals surface area contributed by atoms with Crippen LogP contribution in [0.25, 0.3) is 0 Å². The molecule has 1 N–H and O–H groups in total. The number of carbonyl (C=O) groups is 1. The lowest BCUT2D eigenvalue weighted by Gasteiger charge is -2.12. The highest BCUT2D eigenvalue weighted by Crippen LogP contribution is 2.76. The van der Waals surface area contributed by atoms with Crippen LogP contribution in [0.1, 0.15) is 18.4 Å². The number of aliphatic hydroxyl groups excluding tert-OH is 1. The summed E-state index contributed by atoms with van der Waals surface area (Å²) in [4.78, 5) is 12.0. The third kappa shape index (κ3) is 1.43. The summed E-state index contributed by atoms with van der Waals surface area (Å²) in [6.07, 6.45) is 0. The number of aliphatic hydroxyl groups is 1. The summed E-state index contributed by atoms with van der Waals surface area (Å²) in [7, 11) is 0. The Kier molecular flexibility index (Phi) is 3.08. The largest absolute Gasteiger partial charge is 0.512 e. The molecular weight excluding hydrogens is 276 g/mol. The molecule has 1 fully saturated rings. The lowest BCUT2D eigenvalue weighted by Crippen LogP contribution is -2.22. The first-order valence-corrected chi connectivity index (χ1v) is 6.23. The Morgan fingerprint density at radius 2 is 1.85 bits per heavy atom. The molecule has 0 heterocycles. The van der Waals surface area contributed by atoms with Crippen molar-refractivity contribution < 1.29 is 9.90 Å². The average Bonchev–Trinajstić information content (AvgIpc) is 3.05. The van der Waals surface area contributed by atoms with Crippen LogP contribution in [0.2, 0.25) is 5.02 Å². The number of halogens is 1. The van der Waals surface area contributed by atoms with Crippen LogP contribution in [-0.2, 0) is 4.79 Å². The summed E-state index contributed by atoms with van der Waals surface area (Å²) in [5, 5.41) is 29.1. The van der Waals surface area contributed by atoms with Crippen LogP contribution in [0.3, 0.4) is 0 Å². The molecule has 100 valence electrons. The van der Waals surface area contributed by atoms with E-state index in [4.69, 9.17) is 11.6 Å². The molecule has 1 aliphatic rings. The summed E-state index contributed by atoms with van der Waals surface area (Å²) < 4.78 is 0. The molecule has 2 rings (SSSR count). The van der Waals surface area contributed by atoms with Gasteiger partial charge in [0.2, 0.25) is 0 Å². The molecule has 0 radical (unpaired) electrons. The van der Waals surface area contributed by atoms with Gasteiger partial charge in [0.1, 0.15) is 17.0 Å². The van der Waals surface area contributed by atoms with Crippen molar-refractivity contribution in [1.82, 2.24) is 0 Å². The molecule has 5 heteroatoms. The van der Waals surface area contributed by atoms with Crippen LogP contribution >= 0.6 is 11.6 Å². The monoisotopic (exact) mass is 286 g/mol. The van der Waals surface area contributed by atoms with Gasteiger partial charge in [-0.2, -0.15) is 10.5 Å². The van der Waals surface area contributed by atoms with Gasteiger partial charge in [-0.25, -0.2) is 0 Å². The molecule has 1 aromatic rings. The van der Waals surface area contributed by atoms with E-state index in [-0.39, 0.29) is 0 Å². The molecule has 0 saturated heterocycles. The zero-order chi connectivity index (χ0) is 15.1. The highest BCUT2D eigenvalue weighted by molar-refractivity contribution is 6.30. The van der Waals surface area contributed by atoms with Crippen molar-refractivity contribution in [2.75, 3.05) is 0 Å². The van der Waals surface area contributed by atoms with E-state index in [1.54, 1.807) is 24.3 Å². The fraction of sp³-hybridized carbons (Fsp3) is 0.267. The minimum Gasteiger partial charge on any atom is -0.512 e. The number of hydrogen-bond acceptors (Lipinski definition) is 4. The summed E-state index contributed by atoms with van der Waals surface area (Å²) in [6, 6.07) is 10.3. The Morgan fingerprint density at radius 3 is 2.15 bits per heavy atom. The molecule has 4 nitrogen and oxygen atoms in total. The minimum absolute atomic E-state index is 0.451. The van der Waals surface area contributed by atoms with Crippen molar-refractivity contribution in [3.8, 4) is 12.1 Å². The Morgan fingerprint density at radius 1 is 1.35 bits per heavy atom. The van der Waals surface area contributed by atoms with Crippen molar-refractivity contribution in [3.05, 3.63) is 47.2 Å². The molecule has 20 heavy (non-hydrogen) atoms. The molecule has 0 aliphatic heterocycles. The topological polar surface area (TPSA) is 84.9 Å². The van der Waals surface area contributed by atoms with Crippen LogP contribution in [0.5, 0.6) is 0 Å². The molecule has 1 saturated carbocycles. The van der Waals surface area contributed by atoms with Crippen LogP contribution in [0.15, 0.2) is 36.6 Å². The number of ketones is 1. The summed E-state index contributed by atoms with van der Waals surface area (Å²) >= 11 is 5.81. The maximum absolute atomic E-state index is 12.0. The van der Waals surface area contributed by atoms with Gasteiger partial charge in [-0.3, -0.25) is 4.79 Å². The van der Waals surface area contributed by atoms with Crippen LogP contribution in [-0.4, -0.2) is 10.9 Å². The second-order valence-electron chi connectivity index (χ2n) is 4.83. The second kappa shape index (κ2) is 4.37. The first-order chi connectivity index (χ1) is 9.38. The second-order valence-corrected chi connectivity index (χ2v) is 5.26. The van der Waals surface area contributed by atoms with Gasteiger partial charge < -0.3 is 5.11 Å². The highest BCUT2D eigenvalue weighted by Gasteiger charge is 2.83. The van der Waals surface area contributed by atoms with Gasteiger partial charge in [0, 0.05) is 10.9 Å². The molecule has 0 amide bonds. The van der Waals surface area contributed by atoms with Gasteiger partial charge in [0.05, 0.1) is 12.1 Å². The van der Waals surface area contributed by atoms with E-state index < -0.39 is 28.3 Å². The standard InChI is InChI=1S/C15H11ClN2O2/c1-9(19)15(10(2)20)13(14(15,7-17)8-18)11-3-5-12(16)6-4-11/h3-6,13,19H,1H2,2H3. The van der Waals surface area contributed by atoms with E-state index in [1.165, 1.54) is 6.92 Å². The Bertz CT molecular complexity index is 651. The van der Waals surface area contributed by atoms with Crippen molar-refractivity contribution in [1.29, 1.82) is 10.5 Å². The molecular formula is C15H11ClN2O2. The molecule has 1 aliphatic carbocycles. The fourth-order valence-electron chi connectivity index (χ4n) is 3.04. The minimum atomic E-state index is -1.63. The SMILES string of the molecule is C=C(O)C1(C(C)=O)C(c2ccc(Cl)cc2)C1(C#N)C#N. The maximum Gasteiger partial charge on any atom is 0.172 e. The van der Waals surface area contributed by atoms with Gasteiger partial charge in [-0.05, 0) is 24.6 Å².